The van der Waals surface area contributed by atoms with Crippen LogP contribution in [0, 0.1) is 17.6 Å². The van der Waals surface area contributed by atoms with E-state index in [4.69, 9.17) is 9.47 Å². The number of carbonyl (C=O) groups excluding carboxylic acids is 1. The summed E-state index contributed by atoms with van der Waals surface area (Å²) in [6, 6.07) is 20.1. The number of quaternary nitrogens is 1. The zero-order valence-corrected chi connectivity index (χ0v) is 21.1. The van der Waals surface area contributed by atoms with Gasteiger partial charge in [0.25, 0.3) is 0 Å². The zero-order chi connectivity index (χ0) is 25.8. The maximum absolute atomic E-state index is 14.8. The Balaban J connectivity index is 1.31. The van der Waals surface area contributed by atoms with Gasteiger partial charge in [-0.15, -0.1) is 0 Å². The first-order valence-electron chi connectivity index (χ1n) is 12.9. The Labute approximate surface area is 216 Å². The second kappa shape index (κ2) is 10.9. The second-order valence-corrected chi connectivity index (χ2v) is 10.2. The van der Waals surface area contributed by atoms with Crippen LogP contribution in [0.15, 0.2) is 72.8 Å². The van der Waals surface area contributed by atoms with Crippen LogP contribution in [0.3, 0.4) is 0 Å². The van der Waals surface area contributed by atoms with Gasteiger partial charge in [0.15, 0.2) is 6.10 Å². The molecule has 0 radical (unpaired) electrons. The van der Waals surface area contributed by atoms with Crippen molar-refractivity contribution in [2.24, 2.45) is 5.92 Å². The number of piperidine rings is 3. The van der Waals surface area contributed by atoms with E-state index in [9.17, 15) is 13.6 Å². The molecule has 0 aromatic heterocycles. The van der Waals surface area contributed by atoms with Gasteiger partial charge in [-0.3, -0.25) is 4.90 Å². The molecule has 37 heavy (non-hydrogen) atoms. The lowest BCUT2D eigenvalue weighted by Crippen LogP contribution is -2.65. The Kier molecular flexibility index (Phi) is 7.42. The number of hydrogen-bond acceptors (Lipinski definition) is 3. The highest BCUT2D eigenvalue weighted by molar-refractivity contribution is 5.87. The van der Waals surface area contributed by atoms with E-state index in [-0.39, 0.29) is 24.2 Å². The SMILES string of the molecule is COc1ccccc1CC[N+]12CCC(CC1)[C@@H](OC(=O)N(Cc1ccc(F)cc1)c1ccccc1F)C2. The predicted molar refractivity (Wildman–Crippen MR) is 138 cm³/mol. The molecule has 3 aliphatic heterocycles. The summed E-state index contributed by atoms with van der Waals surface area (Å²) in [4.78, 5) is 14.8. The number of benzene rings is 3. The minimum atomic E-state index is -0.573. The topological polar surface area (TPSA) is 38.8 Å². The molecule has 7 heteroatoms. The van der Waals surface area contributed by atoms with Crippen molar-refractivity contribution in [3.05, 3.63) is 95.6 Å². The molecule has 0 saturated carbocycles. The van der Waals surface area contributed by atoms with E-state index in [0.717, 1.165) is 55.7 Å². The largest absolute Gasteiger partial charge is 0.496 e. The van der Waals surface area contributed by atoms with Gasteiger partial charge in [-0.05, 0) is 41.5 Å². The van der Waals surface area contributed by atoms with E-state index in [1.165, 1.54) is 28.7 Å². The van der Waals surface area contributed by atoms with Crippen molar-refractivity contribution in [3.63, 3.8) is 0 Å². The van der Waals surface area contributed by atoms with Crippen LogP contribution in [0.2, 0.25) is 0 Å². The molecular weight excluding hydrogens is 474 g/mol. The van der Waals surface area contributed by atoms with Gasteiger partial charge in [0, 0.05) is 25.2 Å². The predicted octanol–water partition coefficient (Wildman–Crippen LogP) is 5.97. The first-order chi connectivity index (χ1) is 18.0. The van der Waals surface area contributed by atoms with Crippen molar-refractivity contribution in [2.45, 2.75) is 31.9 Å². The zero-order valence-electron chi connectivity index (χ0n) is 21.1. The summed E-state index contributed by atoms with van der Waals surface area (Å²) in [5.41, 5.74) is 2.03. The van der Waals surface area contributed by atoms with Crippen molar-refractivity contribution in [3.8, 4) is 5.75 Å². The highest BCUT2D eigenvalue weighted by Gasteiger charge is 2.47. The van der Waals surface area contributed by atoms with E-state index >= 15 is 0 Å². The molecule has 3 fully saturated rings. The molecule has 1 amide bonds. The lowest BCUT2D eigenvalue weighted by Gasteiger charge is -2.52. The molecule has 194 valence electrons. The van der Waals surface area contributed by atoms with Gasteiger partial charge in [0.1, 0.15) is 23.9 Å². The molecule has 3 aliphatic rings. The molecule has 3 saturated heterocycles. The molecule has 0 spiro atoms. The number of methoxy groups -OCH3 is 1. The van der Waals surface area contributed by atoms with E-state index in [1.807, 2.05) is 18.2 Å². The molecule has 1 atom stereocenters. The third kappa shape index (κ3) is 5.62. The smallest absolute Gasteiger partial charge is 0.415 e. The summed E-state index contributed by atoms with van der Waals surface area (Å²) >= 11 is 0. The first kappa shape index (κ1) is 25.2. The van der Waals surface area contributed by atoms with Crippen LogP contribution in [-0.4, -0.2) is 50.0 Å². The molecule has 0 N–H and O–H groups in total. The van der Waals surface area contributed by atoms with Crippen LogP contribution in [0.25, 0.3) is 0 Å². The van der Waals surface area contributed by atoms with Gasteiger partial charge < -0.3 is 14.0 Å². The molecular formula is C30H33F2N2O3+. The monoisotopic (exact) mass is 507 g/mol. The first-order valence-corrected chi connectivity index (χ1v) is 12.9. The number of carbonyl (C=O) groups is 1. The van der Waals surface area contributed by atoms with Crippen molar-refractivity contribution < 1.29 is 27.5 Å². The molecule has 3 heterocycles. The molecule has 0 unspecified atom stereocenters. The van der Waals surface area contributed by atoms with Gasteiger partial charge >= 0.3 is 6.09 Å². The summed E-state index contributed by atoms with van der Waals surface area (Å²) in [5, 5.41) is 0. The van der Waals surface area contributed by atoms with E-state index in [2.05, 4.69) is 6.07 Å². The highest BCUT2D eigenvalue weighted by Crippen LogP contribution is 2.37. The van der Waals surface area contributed by atoms with Gasteiger partial charge in [-0.1, -0.05) is 42.5 Å². The van der Waals surface area contributed by atoms with E-state index in [0.29, 0.717) is 11.5 Å². The van der Waals surface area contributed by atoms with Crippen LogP contribution in [0.5, 0.6) is 5.75 Å². The third-order valence-corrected chi connectivity index (χ3v) is 7.96. The Bertz CT molecular complexity index is 1230. The van der Waals surface area contributed by atoms with Crippen LogP contribution < -0.4 is 9.64 Å². The Morgan fingerprint density at radius 3 is 2.41 bits per heavy atom. The van der Waals surface area contributed by atoms with Gasteiger partial charge in [-0.2, -0.15) is 0 Å². The van der Waals surface area contributed by atoms with Crippen molar-refractivity contribution in [1.82, 2.24) is 0 Å². The number of hydrogen-bond donors (Lipinski definition) is 0. The average molecular weight is 508 g/mol. The Hall–Kier alpha value is -3.45. The number of rotatable bonds is 8. The average Bonchev–Trinajstić information content (AvgIpc) is 2.93. The number of anilines is 1. The molecule has 3 aromatic carbocycles. The highest BCUT2D eigenvalue weighted by atomic mass is 19.1. The number of ether oxygens (including phenoxy) is 2. The Morgan fingerprint density at radius 2 is 1.68 bits per heavy atom. The van der Waals surface area contributed by atoms with Crippen LogP contribution in [0.1, 0.15) is 24.0 Å². The summed E-state index contributed by atoms with van der Waals surface area (Å²) in [5.74, 6) is 0.342. The molecule has 6 rings (SSSR count). The Morgan fingerprint density at radius 1 is 0.973 bits per heavy atom. The lowest BCUT2D eigenvalue weighted by molar-refractivity contribution is -0.945. The van der Waals surface area contributed by atoms with Gasteiger partial charge in [0.05, 0.1) is 39.0 Å². The minimum absolute atomic E-state index is 0.0885. The van der Waals surface area contributed by atoms with Crippen LogP contribution in [-0.2, 0) is 17.7 Å². The summed E-state index contributed by atoms with van der Waals surface area (Å²) in [6.45, 7) is 3.94. The lowest BCUT2D eigenvalue weighted by atomic mass is 9.83. The summed E-state index contributed by atoms with van der Waals surface area (Å²) in [7, 11) is 1.69. The van der Waals surface area contributed by atoms with Crippen LogP contribution >= 0.6 is 0 Å². The minimum Gasteiger partial charge on any atom is -0.496 e. The van der Waals surface area contributed by atoms with Gasteiger partial charge in [-0.25, -0.2) is 13.6 Å². The molecule has 0 aliphatic carbocycles. The molecule has 5 nitrogen and oxygen atoms in total. The van der Waals surface area contributed by atoms with Crippen molar-refractivity contribution in [1.29, 1.82) is 0 Å². The van der Waals surface area contributed by atoms with Crippen molar-refractivity contribution in [2.75, 3.05) is 38.2 Å². The molecule has 3 aromatic rings. The fourth-order valence-corrected chi connectivity index (χ4v) is 5.82. The van der Waals surface area contributed by atoms with Crippen molar-refractivity contribution >= 4 is 11.8 Å². The van der Waals surface area contributed by atoms with E-state index < -0.39 is 11.9 Å². The number of halogens is 2. The quantitative estimate of drug-likeness (QED) is 0.353. The number of para-hydroxylation sites is 2. The second-order valence-electron chi connectivity index (χ2n) is 10.2. The van der Waals surface area contributed by atoms with Crippen LogP contribution in [0.4, 0.5) is 19.3 Å². The third-order valence-electron chi connectivity index (χ3n) is 7.96. The number of fused-ring (bicyclic) bond motifs is 3. The van der Waals surface area contributed by atoms with E-state index in [1.54, 1.807) is 37.4 Å². The fraction of sp³-hybridized carbons (Fsp3) is 0.367. The van der Waals surface area contributed by atoms with Gasteiger partial charge in [0.2, 0.25) is 0 Å². The standard InChI is InChI=1S/C30H33F2N2O3/c1-36-28-9-5-2-6-23(28)14-17-34-18-15-24(16-19-34)29(21-34)37-30(35)33(27-8-4-3-7-26(27)32)20-22-10-12-25(31)13-11-22/h2-13,24,29H,14-21H2,1H3/q+1/t24?,29-,34?/m0/s1. The number of nitrogens with zero attached hydrogens (tertiary/aromatic N) is 2. The number of amides is 1. The molecule has 2 bridgehead atoms. The maximum atomic E-state index is 14.8. The fourth-order valence-electron chi connectivity index (χ4n) is 5.82. The summed E-state index contributed by atoms with van der Waals surface area (Å²) in [6.07, 6.45) is 2.09. The summed E-state index contributed by atoms with van der Waals surface area (Å²) < 4.78 is 40.8. The normalized spacial score (nSPS) is 22.5. The maximum Gasteiger partial charge on any atom is 0.415 e.